The first-order valence-electron chi connectivity index (χ1n) is 5.74. The highest BCUT2D eigenvalue weighted by Gasteiger charge is 2.06. The van der Waals surface area contributed by atoms with E-state index in [1.807, 2.05) is 0 Å². The first-order chi connectivity index (χ1) is 9.52. The normalized spacial score (nSPS) is 10.8. The van der Waals surface area contributed by atoms with Crippen molar-refractivity contribution in [2.45, 2.75) is 6.92 Å². The summed E-state index contributed by atoms with van der Waals surface area (Å²) in [6, 6.07) is 5.07. The zero-order valence-electron chi connectivity index (χ0n) is 10.4. The van der Waals surface area contributed by atoms with Crippen LogP contribution in [-0.2, 0) is 4.79 Å². The molecule has 0 spiro atoms. The fourth-order valence-corrected chi connectivity index (χ4v) is 2.07. The maximum atomic E-state index is 11.8. The van der Waals surface area contributed by atoms with Crippen molar-refractivity contribution in [2.75, 3.05) is 5.32 Å². The lowest BCUT2D eigenvalue weighted by atomic mass is 10.2. The Labute approximate surface area is 117 Å². The highest BCUT2D eigenvalue weighted by atomic mass is 32.1. The minimum Gasteiger partial charge on any atom is -0.326 e. The van der Waals surface area contributed by atoms with Crippen LogP contribution in [-0.4, -0.2) is 25.8 Å². The summed E-state index contributed by atoms with van der Waals surface area (Å²) in [7, 11) is 0. The van der Waals surface area contributed by atoms with Crippen molar-refractivity contribution in [3.63, 3.8) is 0 Å². The summed E-state index contributed by atoms with van der Waals surface area (Å²) in [4.78, 5) is 36.6. The lowest BCUT2D eigenvalue weighted by Crippen LogP contribution is -2.11. The van der Waals surface area contributed by atoms with E-state index in [4.69, 9.17) is 12.2 Å². The molecule has 0 saturated carbocycles. The van der Waals surface area contributed by atoms with Crippen LogP contribution < -0.4 is 10.9 Å². The molecule has 0 radical (unpaired) electrons. The van der Waals surface area contributed by atoms with E-state index in [2.05, 4.69) is 25.3 Å². The number of fused-ring (bicyclic) bond motifs is 2. The SMILES string of the molecule is CC(=O)Nc1ccc2nc3c(=O)[nH]c(=S)[nH]c3nc2c1. The highest BCUT2D eigenvalue weighted by molar-refractivity contribution is 7.71. The van der Waals surface area contributed by atoms with Gasteiger partial charge < -0.3 is 10.3 Å². The number of hydrogen-bond acceptors (Lipinski definition) is 5. The first kappa shape index (κ1) is 12.4. The van der Waals surface area contributed by atoms with Gasteiger partial charge in [0.05, 0.1) is 11.0 Å². The molecule has 8 heteroatoms. The van der Waals surface area contributed by atoms with E-state index in [1.165, 1.54) is 6.92 Å². The second-order valence-corrected chi connectivity index (χ2v) is 4.62. The van der Waals surface area contributed by atoms with Crippen molar-refractivity contribution in [3.05, 3.63) is 33.3 Å². The van der Waals surface area contributed by atoms with Gasteiger partial charge >= 0.3 is 0 Å². The Morgan fingerprint density at radius 1 is 1.25 bits per heavy atom. The van der Waals surface area contributed by atoms with Crippen molar-refractivity contribution in [1.82, 2.24) is 19.9 Å². The van der Waals surface area contributed by atoms with Crippen molar-refractivity contribution >= 4 is 46.0 Å². The molecule has 2 aromatic heterocycles. The largest absolute Gasteiger partial charge is 0.326 e. The van der Waals surface area contributed by atoms with Crippen LogP contribution in [0.2, 0.25) is 0 Å². The number of nitrogens with one attached hydrogen (secondary N) is 3. The van der Waals surface area contributed by atoms with E-state index in [0.29, 0.717) is 22.4 Å². The fraction of sp³-hybridized carbons (Fsp3) is 0.0833. The molecule has 20 heavy (non-hydrogen) atoms. The molecule has 0 bridgehead atoms. The van der Waals surface area contributed by atoms with E-state index in [0.717, 1.165) is 0 Å². The van der Waals surface area contributed by atoms with Gasteiger partial charge in [-0.1, -0.05) is 0 Å². The number of hydrogen-bond donors (Lipinski definition) is 3. The van der Waals surface area contributed by atoms with Gasteiger partial charge in [0.2, 0.25) is 5.91 Å². The van der Waals surface area contributed by atoms with Crippen LogP contribution in [0.3, 0.4) is 0 Å². The number of H-pyrrole nitrogens is 2. The molecule has 3 aromatic rings. The van der Waals surface area contributed by atoms with E-state index < -0.39 is 0 Å². The standard InChI is InChI=1S/C12H9N5O2S/c1-5(18)13-6-2-3-7-8(4-6)15-10-9(14-7)11(19)17-12(20)16-10/h2-4H,1H3,(H,13,18)(H2,15,16,17,19,20). The number of amides is 1. The molecule has 0 aliphatic rings. The van der Waals surface area contributed by atoms with Crippen LogP contribution >= 0.6 is 12.2 Å². The summed E-state index contributed by atoms with van der Waals surface area (Å²) in [6.45, 7) is 1.42. The Morgan fingerprint density at radius 3 is 2.80 bits per heavy atom. The second-order valence-electron chi connectivity index (χ2n) is 4.21. The molecule has 0 aliphatic carbocycles. The van der Waals surface area contributed by atoms with Crippen molar-refractivity contribution in [3.8, 4) is 0 Å². The van der Waals surface area contributed by atoms with Crippen molar-refractivity contribution < 1.29 is 4.79 Å². The van der Waals surface area contributed by atoms with Gasteiger partial charge in [-0.2, -0.15) is 0 Å². The van der Waals surface area contributed by atoms with Gasteiger partial charge in [0, 0.05) is 12.6 Å². The molecule has 0 unspecified atom stereocenters. The van der Waals surface area contributed by atoms with Gasteiger partial charge in [0.1, 0.15) is 0 Å². The molecule has 1 aromatic carbocycles. The zero-order valence-corrected chi connectivity index (χ0v) is 11.2. The predicted molar refractivity (Wildman–Crippen MR) is 77.2 cm³/mol. The Balaban J connectivity index is 2.31. The molecular formula is C12H9N5O2S. The third kappa shape index (κ3) is 2.16. The molecule has 0 atom stereocenters. The van der Waals surface area contributed by atoms with E-state index in [1.54, 1.807) is 18.2 Å². The zero-order chi connectivity index (χ0) is 14.3. The minimum atomic E-state index is -0.385. The summed E-state index contributed by atoms with van der Waals surface area (Å²) in [5.74, 6) is -0.172. The summed E-state index contributed by atoms with van der Waals surface area (Å²) in [6.07, 6.45) is 0. The molecule has 2 heterocycles. The molecule has 0 saturated heterocycles. The molecule has 0 fully saturated rings. The lowest BCUT2D eigenvalue weighted by Gasteiger charge is -2.04. The van der Waals surface area contributed by atoms with Crippen LogP contribution in [0.4, 0.5) is 5.69 Å². The number of anilines is 1. The molecule has 1 amide bonds. The summed E-state index contributed by atoms with van der Waals surface area (Å²) in [5.41, 5.74) is 1.85. The van der Waals surface area contributed by atoms with Crippen LogP contribution in [0.5, 0.6) is 0 Å². The highest BCUT2D eigenvalue weighted by Crippen LogP contribution is 2.17. The fourth-order valence-electron chi connectivity index (χ4n) is 1.88. The number of aromatic nitrogens is 4. The summed E-state index contributed by atoms with van der Waals surface area (Å²) < 4.78 is 0.189. The molecule has 3 rings (SSSR count). The maximum Gasteiger partial charge on any atom is 0.279 e. The Kier molecular flexibility index (Phi) is 2.79. The van der Waals surface area contributed by atoms with Gasteiger partial charge in [-0.15, -0.1) is 0 Å². The molecule has 7 nitrogen and oxygen atoms in total. The monoisotopic (exact) mass is 287 g/mol. The molecule has 0 aliphatic heterocycles. The van der Waals surface area contributed by atoms with Crippen LogP contribution in [0.15, 0.2) is 23.0 Å². The van der Waals surface area contributed by atoms with Crippen molar-refractivity contribution in [1.29, 1.82) is 0 Å². The lowest BCUT2D eigenvalue weighted by molar-refractivity contribution is -0.114. The number of rotatable bonds is 1. The number of benzene rings is 1. The number of aromatic amines is 2. The van der Waals surface area contributed by atoms with E-state index >= 15 is 0 Å². The third-order valence-corrected chi connectivity index (χ3v) is 2.86. The van der Waals surface area contributed by atoms with Crippen LogP contribution in [0.1, 0.15) is 6.92 Å². The minimum absolute atomic E-state index is 0.172. The third-order valence-electron chi connectivity index (χ3n) is 2.66. The van der Waals surface area contributed by atoms with E-state index in [-0.39, 0.29) is 21.8 Å². The Morgan fingerprint density at radius 2 is 2.05 bits per heavy atom. The smallest absolute Gasteiger partial charge is 0.279 e. The molecule has 3 N–H and O–H groups in total. The maximum absolute atomic E-state index is 11.8. The van der Waals surface area contributed by atoms with Crippen LogP contribution in [0, 0.1) is 4.77 Å². The van der Waals surface area contributed by atoms with E-state index in [9.17, 15) is 9.59 Å². The van der Waals surface area contributed by atoms with Gasteiger partial charge in [-0.3, -0.25) is 14.6 Å². The van der Waals surface area contributed by atoms with Crippen LogP contribution in [0.25, 0.3) is 22.2 Å². The van der Waals surface area contributed by atoms with Gasteiger partial charge in [0.25, 0.3) is 5.56 Å². The van der Waals surface area contributed by atoms with Gasteiger partial charge in [-0.05, 0) is 30.4 Å². The molecule has 100 valence electrons. The number of carbonyl (C=O) groups is 1. The first-order valence-corrected chi connectivity index (χ1v) is 6.15. The second kappa shape index (κ2) is 4.49. The summed E-state index contributed by atoms with van der Waals surface area (Å²) in [5, 5.41) is 2.66. The Hall–Kier alpha value is -2.61. The average Bonchev–Trinajstić information content (AvgIpc) is 2.35. The number of nitrogens with zero attached hydrogens (tertiary/aromatic N) is 2. The number of carbonyl (C=O) groups excluding carboxylic acids is 1. The summed E-state index contributed by atoms with van der Waals surface area (Å²) >= 11 is 4.90. The van der Waals surface area contributed by atoms with Crippen molar-refractivity contribution in [2.24, 2.45) is 0 Å². The van der Waals surface area contributed by atoms with Gasteiger partial charge in [0.15, 0.2) is 15.9 Å². The molecular weight excluding hydrogens is 278 g/mol. The predicted octanol–water partition coefficient (Wildman–Crippen LogP) is 1.49. The van der Waals surface area contributed by atoms with Gasteiger partial charge in [-0.25, -0.2) is 9.97 Å². The Bertz CT molecular complexity index is 959. The topological polar surface area (TPSA) is 104 Å². The average molecular weight is 287 g/mol. The quantitative estimate of drug-likeness (QED) is 0.464.